The predicted octanol–water partition coefficient (Wildman–Crippen LogP) is 0.379. The van der Waals surface area contributed by atoms with E-state index in [1.54, 1.807) is 18.2 Å². The highest BCUT2D eigenvalue weighted by Gasteiger charge is 2.00. The Balaban J connectivity index is 2.77. The number of nitrogens with zero attached hydrogens (tertiary/aromatic N) is 2. The number of oxime groups is 1. The number of amidine groups is 1. The summed E-state index contributed by atoms with van der Waals surface area (Å²) in [7, 11) is 1.54. The van der Waals surface area contributed by atoms with Crippen molar-refractivity contribution in [3.8, 4) is 5.88 Å². The summed E-state index contributed by atoms with van der Waals surface area (Å²) < 4.78 is 4.92. The van der Waals surface area contributed by atoms with Gasteiger partial charge in [-0.05, 0) is 6.07 Å². The van der Waals surface area contributed by atoms with Crippen molar-refractivity contribution >= 4 is 5.84 Å². The molecule has 0 aromatic carbocycles. The van der Waals surface area contributed by atoms with Crippen LogP contribution < -0.4 is 10.5 Å². The fourth-order valence-electron chi connectivity index (χ4n) is 0.891. The van der Waals surface area contributed by atoms with Gasteiger partial charge >= 0.3 is 0 Å². The maximum atomic E-state index is 8.33. The van der Waals surface area contributed by atoms with Crippen molar-refractivity contribution in [2.24, 2.45) is 10.9 Å². The van der Waals surface area contributed by atoms with Gasteiger partial charge in [0.25, 0.3) is 0 Å². The molecule has 0 saturated heterocycles. The smallest absolute Gasteiger partial charge is 0.213 e. The maximum absolute atomic E-state index is 8.33. The van der Waals surface area contributed by atoms with Gasteiger partial charge < -0.3 is 15.7 Å². The van der Waals surface area contributed by atoms with E-state index < -0.39 is 0 Å². The van der Waals surface area contributed by atoms with E-state index in [1.165, 1.54) is 7.11 Å². The normalized spacial score (nSPS) is 11.3. The largest absolute Gasteiger partial charge is 0.481 e. The van der Waals surface area contributed by atoms with Crippen LogP contribution in [0.25, 0.3) is 0 Å². The molecule has 0 bridgehead atoms. The van der Waals surface area contributed by atoms with Crippen LogP contribution >= 0.6 is 0 Å². The fraction of sp³-hybridized carbons (Fsp3) is 0.250. The second kappa shape index (κ2) is 4.30. The molecule has 0 fully saturated rings. The third-order valence-corrected chi connectivity index (χ3v) is 1.48. The lowest BCUT2D eigenvalue weighted by atomic mass is 10.2. The lowest BCUT2D eigenvalue weighted by Crippen LogP contribution is -2.15. The van der Waals surface area contributed by atoms with Gasteiger partial charge in [-0.3, -0.25) is 0 Å². The maximum Gasteiger partial charge on any atom is 0.213 e. The molecule has 0 atom stereocenters. The van der Waals surface area contributed by atoms with E-state index in [4.69, 9.17) is 15.7 Å². The quantitative estimate of drug-likeness (QED) is 0.306. The molecule has 0 unspecified atom stereocenters. The lowest BCUT2D eigenvalue weighted by Gasteiger charge is -2.01. The molecule has 0 spiro atoms. The molecule has 0 radical (unpaired) electrons. The molecule has 70 valence electrons. The monoisotopic (exact) mass is 181 g/mol. The van der Waals surface area contributed by atoms with Crippen LogP contribution in [0, 0.1) is 0 Å². The molecule has 5 nitrogen and oxygen atoms in total. The van der Waals surface area contributed by atoms with E-state index in [2.05, 4.69) is 10.1 Å². The zero-order valence-electron chi connectivity index (χ0n) is 7.27. The summed E-state index contributed by atoms with van der Waals surface area (Å²) in [5.41, 5.74) is 6.02. The Morgan fingerprint density at radius 2 is 2.46 bits per heavy atom. The number of aromatic nitrogens is 1. The molecular formula is C8H11N3O2. The zero-order chi connectivity index (χ0) is 9.68. The van der Waals surface area contributed by atoms with Gasteiger partial charge in [0.05, 0.1) is 19.2 Å². The lowest BCUT2D eigenvalue weighted by molar-refractivity contribution is 0.317. The predicted molar refractivity (Wildman–Crippen MR) is 47.9 cm³/mol. The van der Waals surface area contributed by atoms with E-state index in [-0.39, 0.29) is 5.84 Å². The minimum absolute atomic E-state index is 0.126. The number of rotatable bonds is 3. The van der Waals surface area contributed by atoms with Crippen LogP contribution in [-0.2, 0) is 6.42 Å². The molecule has 0 saturated carbocycles. The van der Waals surface area contributed by atoms with Gasteiger partial charge in [-0.25, -0.2) is 4.98 Å². The summed E-state index contributed by atoms with van der Waals surface area (Å²) in [6.45, 7) is 0. The zero-order valence-corrected chi connectivity index (χ0v) is 7.27. The highest BCUT2D eigenvalue weighted by molar-refractivity contribution is 5.81. The topological polar surface area (TPSA) is 80.7 Å². The Kier molecular flexibility index (Phi) is 3.08. The van der Waals surface area contributed by atoms with Crippen molar-refractivity contribution in [3.05, 3.63) is 23.9 Å². The number of hydrogen-bond acceptors (Lipinski definition) is 4. The Hall–Kier alpha value is -1.78. The van der Waals surface area contributed by atoms with Crippen molar-refractivity contribution in [1.82, 2.24) is 4.98 Å². The second-order valence-corrected chi connectivity index (χ2v) is 2.44. The van der Waals surface area contributed by atoms with Gasteiger partial charge in [-0.1, -0.05) is 11.2 Å². The molecular weight excluding hydrogens is 170 g/mol. The standard InChI is InChI=1S/C8H11N3O2/c1-13-8-4-2-3-6(10-8)5-7(9)11-12/h2-4,12H,5H2,1H3,(H2,9,11). The molecule has 1 rings (SSSR count). The van der Waals surface area contributed by atoms with E-state index in [0.717, 1.165) is 0 Å². The molecule has 1 aromatic heterocycles. The SMILES string of the molecule is COc1cccc(CC(N)=NO)n1. The summed E-state index contributed by atoms with van der Waals surface area (Å²) in [5, 5.41) is 11.2. The molecule has 3 N–H and O–H groups in total. The molecule has 0 aliphatic carbocycles. The molecule has 0 amide bonds. The summed E-state index contributed by atoms with van der Waals surface area (Å²) in [6, 6.07) is 5.31. The van der Waals surface area contributed by atoms with Gasteiger partial charge in [0.15, 0.2) is 0 Å². The van der Waals surface area contributed by atoms with E-state index >= 15 is 0 Å². The Bertz CT molecular complexity index is 312. The van der Waals surface area contributed by atoms with Gasteiger partial charge in [0.2, 0.25) is 5.88 Å². The first kappa shape index (κ1) is 9.31. The van der Waals surface area contributed by atoms with E-state index in [9.17, 15) is 0 Å². The van der Waals surface area contributed by atoms with Crippen LogP contribution in [-0.4, -0.2) is 23.1 Å². The van der Waals surface area contributed by atoms with Crippen LogP contribution in [0.5, 0.6) is 5.88 Å². The third-order valence-electron chi connectivity index (χ3n) is 1.48. The molecule has 13 heavy (non-hydrogen) atoms. The summed E-state index contributed by atoms with van der Waals surface area (Å²) in [5.74, 6) is 0.643. The van der Waals surface area contributed by atoms with Crippen LogP contribution in [0.2, 0.25) is 0 Å². The second-order valence-electron chi connectivity index (χ2n) is 2.44. The van der Waals surface area contributed by atoms with E-state index in [0.29, 0.717) is 18.0 Å². The highest BCUT2D eigenvalue weighted by atomic mass is 16.5. The van der Waals surface area contributed by atoms with Crippen LogP contribution in [0.4, 0.5) is 0 Å². The minimum Gasteiger partial charge on any atom is -0.481 e. The van der Waals surface area contributed by atoms with Crippen molar-refractivity contribution in [2.75, 3.05) is 7.11 Å². The van der Waals surface area contributed by atoms with Crippen LogP contribution in [0.15, 0.2) is 23.4 Å². The van der Waals surface area contributed by atoms with Crippen LogP contribution in [0.1, 0.15) is 5.69 Å². The minimum atomic E-state index is 0.126. The van der Waals surface area contributed by atoms with Crippen molar-refractivity contribution in [1.29, 1.82) is 0 Å². The first-order chi connectivity index (χ1) is 6.26. The number of hydrogen-bond donors (Lipinski definition) is 2. The molecule has 0 aliphatic heterocycles. The number of pyridine rings is 1. The first-order valence-electron chi connectivity index (χ1n) is 3.72. The number of nitrogens with two attached hydrogens (primary N) is 1. The average molecular weight is 181 g/mol. The summed E-state index contributed by atoms with van der Waals surface area (Å²) in [4.78, 5) is 4.08. The number of ether oxygens (including phenoxy) is 1. The van der Waals surface area contributed by atoms with Gasteiger partial charge in [0.1, 0.15) is 5.84 Å². The average Bonchev–Trinajstić information content (AvgIpc) is 2.18. The van der Waals surface area contributed by atoms with Crippen molar-refractivity contribution in [3.63, 3.8) is 0 Å². The summed E-state index contributed by atoms with van der Waals surface area (Å²) in [6.07, 6.45) is 0.313. The van der Waals surface area contributed by atoms with Gasteiger partial charge in [0, 0.05) is 6.07 Å². The highest BCUT2D eigenvalue weighted by Crippen LogP contribution is 2.06. The van der Waals surface area contributed by atoms with E-state index in [1.807, 2.05) is 0 Å². The Morgan fingerprint density at radius 3 is 3.08 bits per heavy atom. The molecule has 1 heterocycles. The number of methoxy groups -OCH3 is 1. The molecule has 1 aromatic rings. The first-order valence-corrected chi connectivity index (χ1v) is 3.72. The Labute approximate surface area is 75.8 Å². The third kappa shape index (κ3) is 2.62. The fourth-order valence-corrected chi connectivity index (χ4v) is 0.891. The molecule has 0 aliphatic rings. The Morgan fingerprint density at radius 1 is 1.69 bits per heavy atom. The molecule has 5 heteroatoms. The van der Waals surface area contributed by atoms with Gasteiger partial charge in [-0.2, -0.15) is 0 Å². The summed E-state index contributed by atoms with van der Waals surface area (Å²) >= 11 is 0. The van der Waals surface area contributed by atoms with Gasteiger partial charge in [-0.15, -0.1) is 0 Å². The van der Waals surface area contributed by atoms with Crippen molar-refractivity contribution in [2.45, 2.75) is 6.42 Å². The van der Waals surface area contributed by atoms with Crippen molar-refractivity contribution < 1.29 is 9.94 Å². The van der Waals surface area contributed by atoms with Crippen LogP contribution in [0.3, 0.4) is 0 Å².